The van der Waals surface area contributed by atoms with Gasteiger partial charge < -0.3 is 10.7 Å². The second-order valence-corrected chi connectivity index (χ2v) is 3.67. The number of hydrogen-bond acceptors (Lipinski definition) is 2. The molecule has 0 saturated heterocycles. The van der Waals surface area contributed by atoms with Crippen LogP contribution >= 0.6 is 0 Å². The molecule has 0 bridgehead atoms. The van der Waals surface area contributed by atoms with Crippen molar-refractivity contribution in [2.45, 2.75) is 26.8 Å². The highest BCUT2D eigenvalue weighted by Gasteiger charge is 2.12. The third-order valence-corrected chi connectivity index (χ3v) is 2.24. The smallest absolute Gasteiger partial charge is 0.248 e. The fourth-order valence-corrected chi connectivity index (χ4v) is 1.31. The summed E-state index contributed by atoms with van der Waals surface area (Å²) in [6.07, 6.45) is 0. The van der Waals surface area contributed by atoms with Crippen LogP contribution in [0.5, 0.6) is 0 Å². The Morgan fingerprint density at radius 3 is 2.46 bits per heavy atom. The molecule has 0 unspecified atom stereocenters. The summed E-state index contributed by atoms with van der Waals surface area (Å²) in [6, 6.07) is 3.32. The minimum absolute atomic E-state index is 0.00292. The van der Waals surface area contributed by atoms with Gasteiger partial charge in [0.2, 0.25) is 5.56 Å². The van der Waals surface area contributed by atoms with E-state index in [0.717, 1.165) is 11.3 Å². The summed E-state index contributed by atoms with van der Waals surface area (Å²) in [4.78, 5) is 13.7. The number of aromatic nitrogens is 1. The van der Waals surface area contributed by atoms with Crippen molar-refractivity contribution in [3.8, 4) is 0 Å². The van der Waals surface area contributed by atoms with Gasteiger partial charge in [0.1, 0.15) is 0 Å². The minimum atomic E-state index is -0.0720. The van der Waals surface area contributed by atoms with Gasteiger partial charge in [-0.3, -0.25) is 4.79 Å². The predicted molar refractivity (Wildman–Crippen MR) is 53.6 cm³/mol. The van der Waals surface area contributed by atoms with E-state index in [4.69, 9.17) is 5.73 Å². The quantitative estimate of drug-likeness (QED) is 0.721. The third kappa shape index (κ3) is 2.18. The van der Waals surface area contributed by atoms with Gasteiger partial charge in [-0.05, 0) is 18.4 Å². The summed E-state index contributed by atoms with van der Waals surface area (Å²) >= 11 is 0. The third-order valence-electron chi connectivity index (χ3n) is 2.24. The lowest BCUT2D eigenvalue weighted by molar-refractivity contribution is 0.510. The van der Waals surface area contributed by atoms with Gasteiger partial charge in [-0.1, -0.05) is 19.9 Å². The van der Waals surface area contributed by atoms with E-state index in [0.29, 0.717) is 5.92 Å². The summed E-state index contributed by atoms with van der Waals surface area (Å²) < 4.78 is 0. The largest absolute Gasteiger partial charge is 0.326 e. The molecule has 3 heteroatoms. The number of hydrogen-bond donors (Lipinski definition) is 2. The first-order valence-corrected chi connectivity index (χ1v) is 4.47. The van der Waals surface area contributed by atoms with E-state index in [1.807, 2.05) is 6.92 Å². The van der Waals surface area contributed by atoms with Crippen molar-refractivity contribution in [2.75, 3.05) is 0 Å². The lowest BCUT2D eigenvalue weighted by Crippen LogP contribution is -2.20. The summed E-state index contributed by atoms with van der Waals surface area (Å²) in [6.45, 7) is 6.00. The molecular formula is C10H16N2O. The van der Waals surface area contributed by atoms with E-state index in [2.05, 4.69) is 18.8 Å². The molecule has 0 fully saturated rings. The van der Waals surface area contributed by atoms with E-state index in [9.17, 15) is 4.79 Å². The van der Waals surface area contributed by atoms with Crippen LogP contribution in [0.2, 0.25) is 0 Å². The van der Waals surface area contributed by atoms with Crippen molar-refractivity contribution < 1.29 is 0 Å². The highest BCUT2D eigenvalue weighted by atomic mass is 16.1. The zero-order valence-electron chi connectivity index (χ0n) is 8.29. The summed E-state index contributed by atoms with van der Waals surface area (Å²) in [5.74, 6) is 0.379. The second-order valence-electron chi connectivity index (χ2n) is 3.67. The molecule has 1 atom stereocenters. The molecule has 1 aromatic heterocycles. The number of nitrogens with one attached hydrogen (secondary N) is 1. The topological polar surface area (TPSA) is 58.9 Å². The number of pyridine rings is 1. The molecule has 3 N–H and O–H groups in total. The molecular weight excluding hydrogens is 164 g/mol. The molecule has 0 aliphatic rings. The van der Waals surface area contributed by atoms with Crippen LogP contribution in [0.4, 0.5) is 0 Å². The second kappa shape index (κ2) is 3.75. The van der Waals surface area contributed by atoms with E-state index in [1.165, 1.54) is 6.07 Å². The molecule has 1 heterocycles. The van der Waals surface area contributed by atoms with Crippen molar-refractivity contribution in [3.63, 3.8) is 0 Å². The number of aromatic amines is 1. The van der Waals surface area contributed by atoms with E-state index < -0.39 is 0 Å². The SMILES string of the molecule is Cc1[nH]c(=O)ccc1[C@@H](N)C(C)C. The molecule has 0 saturated carbocycles. The minimum Gasteiger partial charge on any atom is -0.326 e. The molecule has 0 aliphatic carbocycles. The van der Waals surface area contributed by atoms with Crippen LogP contribution in [0, 0.1) is 12.8 Å². The van der Waals surface area contributed by atoms with E-state index in [-0.39, 0.29) is 11.6 Å². The highest BCUT2D eigenvalue weighted by Crippen LogP contribution is 2.19. The molecule has 0 aliphatic heterocycles. The molecule has 1 aromatic rings. The Hall–Kier alpha value is -1.09. The Bertz CT molecular complexity index is 341. The van der Waals surface area contributed by atoms with Gasteiger partial charge >= 0.3 is 0 Å². The average Bonchev–Trinajstić information content (AvgIpc) is 2.03. The Balaban J connectivity index is 3.08. The summed E-state index contributed by atoms with van der Waals surface area (Å²) in [5, 5.41) is 0. The first kappa shape index (κ1) is 9.99. The fraction of sp³-hybridized carbons (Fsp3) is 0.500. The van der Waals surface area contributed by atoms with Crippen LogP contribution in [-0.4, -0.2) is 4.98 Å². The molecule has 3 nitrogen and oxygen atoms in total. The molecule has 0 radical (unpaired) electrons. The van der Waals surface area contributed by atoms with Gasteiger partial charge in [0, 0.05) is 17.8 Å². The number of rotatable bonds is 2. The molecule has 0 amide bonds. The van der Waals surface area contributed by atoms with E-state index >= 15 is 0 Å². The van der Waals surface area contributed by atoms with Crippen molar-refractivity contribution in [1.82, 2.24) is 4.98 Å². The van der Waals surface area contributed by atoms with Gasteiger partial charge in [-0.2, -0.15) is 0 Å². The first-order valence-electron chi connectivity index (χ1n) is 4.47. The zero-order valence-corrected chi connectivity index (χ0v) is 8.29. The molecule has 72 valence electrons. The summed E-state index contributed by atoms with van der Waals surface area (Å²) in [5.41, 5.74) is 7.79. The van der Waals surface area contributed by atoms with E-state index in [1.54, 1.807) is 6.07 Å². The van der Waals surface area contributed by atoms with Crippen molar-refractivity contribution in [1.29, 1.82) is 0 Å². The number of aryl methyl sites for hydroxylation is 1. The Kier molecular flexibility index (Phi) is 2.88. The van der Waals surface area contributed by atoms with Gasteiger partial charge in [0.15, 0.2) is 0 Å². The maximum Gasteiger partial charge on any atom is 0.248 e. The van der Waals surface area contributed by atoms with Crippen LogP contribution < -0.4 is 11.3 Å². The first-order chi connectivity index (χ1) is 6.02. The van der Waals surface area contributed by atoms with Crippen LogP contribution in [0.25, 0.3) is 0 Å². The van der Waals surface area contributed by atoms with Crippen LogP contribution in [-0.2, 0) is 0 Å². The lowest BCUT2D eigenvalue weighted by atomic mass is 9.96. The normalized spacial score (nSPS) is 13.3. The Morgan fingerprint density at radius 1 is 1.38 bits per heavy atom. The van der Waals surface area contributed by atoms with Gasteiger partial charge in [-0.15, -0.1) is 0 Å². The monoisotopic (exact) mass is 180 g/mol. The highest BCUT2D eigenvalue weighted by molar-refractivity contribution is 5.22. The Morgan fingerprint density at radius 2 is 2.00 bits per heavy atom. The molecule has 0 spiro atoms. The van der Waals surface area contributed by atoms with Gasteiger partial charge in [0.05, 0.1) is 0 Å². The van der Waals surface area contributed by atoms with Gasteiger partial charge in [-0.25, -0.2) is 0 Å². The summed E-state index contributed by atoms with van der Waals surface area (Å²) in [7, 11) is 0. The number of nitrogens with two attached hydrogens (primary N) is 1. The maximum atomic E-state index is 10.9. The maximum absolute atomic E-state index is 10.9. The van der Waals surface area contributed by atoms with Crippen molar-refractivity contribution in [3.05, 3.63) is 33.7 Å². The van der Waals surface area contributed by atoms with Gasteiger partial charge in [0.25, 0.3) is 0 Å². The lowest BCUT2D eigenvalue weighted by Gasteiger charge is -2.17. The average molecular weight is 180 g/mol. The molecule has 1 rings (SSSR count). The van der Waals surface area contributed by atoms with Crippen LogP contribution in [0.15, 0.2) is 16.9 Å². The fourth-order valence-electron chi connectivity index (χ4n) is 1.31. The Labute approximate surface area is 78.0 Å². The van der Waals surface area contributed by atoms with Crippen LogP contribution in [0.3, 0.4) is 0 Å². The standard InChI is InChI=1S/C10H16N2O/c1-6(2)10(11)8-4-5-9(13)12-7(8)3/h4-6,10H,11H2,1-3H3,(H,12,13)/t10-/m0/s1. The molecule has 13 heavy (non-hydrogen) atoms. The predicted octanol–water partition coefficient (Wildman–Crippen LogP) is 1.34. The van der Waals surface area contributed by atoms with Crippen LogP contribution in [0.1, 0.15) is 31.1 Å². The zero-order chi connectivity index (χ0) is 10.0. The van der Waals surface area contributed by atoms with Crippen molar-refractivity contribution in [2.24, 2.45) is 11.7 Å². The number of H-pyrrole nitrogens is 1. The molecule has 0 aromatic carbocycles. The van der Waals surface area contributed by atoms with Crippen molar-refractivity contribution >= 4 is 0 Å².